The number of ether oxygens (including phenoxy) is 2. The molecule has 4 aromatic rings. The standard InChI is InChI=1S/C27H25N3O4S/c1-15(2)34-21-12-8-6-10-19(21)24-23(26(32)33-4)16(3)29-27-30(24)25(31)22(35-27)13-17-14-28-20-11-7-5-9-18(17)20/h5-15,24,28H,1-4H3/b22-13-/t24-/m1/s1. The van der Waals surface area contributed by atoms with E-state index in [1.807, 2.05) is 74.7 Å². The quantitative estimate of drug-likeness (QED) is 0.435. The average Bonchev–Trinajstić information content (AvgIpc) is 3.38. The molecule has 178 valence electrons. The van der Waals surface area contributed by atoms with Crippen molar-refractivity contribution in [1.82, 2.24) is 9.55 Å². The highest BCUT2D eigenvalue weighted by atomic mass is 32.1. The molecule has 2 aromatic carbocycles. The van der Waals surface area contributed by atoms with Crippen molar-refractivity contribution in [3.8, 4) is 5.75 Å². The van der Waals surface area contributed by atoms with Crippen LogP contribution in [-0.2, 0) is 9.53 Å². The molecule has 5 rings (SSSR count). The number of hydrogen-bond acceptors (Lipinski definition) is 6. The number of fused-ring (bicyclic) bond motifs is 2. The fraction of sp³-hybridized carbons (Fsp3) is 0.222. The number of benzene rings is 2. The summed E-state index contributed by atoms with van der Waals surface area (Å²) in [4.78, 5) is 35.1. The first-order valence-corrected chi connectivity index (χ1v) is 12.1. The Hall–Kier alpha value is -3.91. The molecule has 0 unspecified atom stereocenters. The van der Waals surface area contributed by atoms with Crippen LogP contribution in [0.4, 0.5) is 0 Å². The fourth-order valence-electron chi connectivity index (χ4n) is 4.41. The molecule has 0 saturated heterocycles. The van der Waals surface area contributed by atoms with E-state index in [0.717, 1.165) is 16.5 Å². The van der Waals surface area contributed by atoms with Gasteiger partial charge in [-0.2, -0.15) is 0 Å². The van der Waals surface area contributed by atoms with Gasteiger partial charge in [-0.3, -0.25) is 9.36 Å². The van der Waals surface area contributed by atoms with Crippen molar-refractivity contribution in [2.75, 3.05) is 7.11 Å². The van der Waals surface area contributed by atoms with Crippen molar-refractivity contribution < 1.29 is 14.3 Å². The first-order chi connectivity index (χ1) is 16.9. The van der Waals surface area contributed by atoms with Crippen LogP contribution in [0.1, 0.15) is 37.9 Å². The van der Waals surface area contributed by atoms with Crippen molar-refractivity contribution in [2.45, 2.75) is 32.9 Å². The minimum Gasteiger partial charge on any atom is -0.491 e. The third kappa shape index (κ3) is 4.00. The molecule has 7 nitrogen and oxygen atoms in total. The van der Waals surface area contributed by atoms with E-state index in [-0.39, 0.29) is 11.7 Å². The number of esters is 1. The van der Waals surface area contributed by atoms with Gasteiger partial charge in [0.15, 0.2) is 4.80 Å². The maximum absolute atomic E-state index is 13.8. The van der Waals surface area contributed by atoms with Crippen LogP contribution < -0.4 is 19.6 Å². The summed E-state index contributed by atoms with van der Waals surface area (Å²) in [7, 11) is 1.33. The lowest BCUT2D eigenvalue weighted by molar-refractivity contribution is -0.136. The van der Waals surface area contributed by atoms with Gasteiger partial charge < -0.3 is 14.5 Å². The number of H-pyrrole nitrogens is 1. The van der Waals surface area contributed by atoms with E-state index in [9.17, 15) is 9.59 Å². The van der Waals surface area contributed by atoms with Crippen LogP contribution in [0.3, 0.4) is 0 Å². The van der Waals surface area contributed by atoms with Gasteiger partial charge >= 0.3 is 5.97 Å². The summed E-state index contributed by atoms with van der Waals surface area (Å²) in [5.74, 6) is 0.0799. The zero-order chi connectivity index (χ0) is 24.7. The molecule has 0 bridgehead atoms. The van der Waals surface area contributed by atoms with Crippen LogP contribution in [0, 0.1) is 0 Å². The smallest absolute Gasteiger partial charge is 0.338 e. The second kappa shape index (κ2) is 9.03. The zero-order valence-electron chi connectivity index (χ0n) is 19.9. The van der Waals surface area contributed by atoms with Gasteiger partial charge in [0.05, 0.1) is 29.0 Å². The van der Waals surface area contributed by atoms with Gasteiger partial charge in [0.25, 0.3) is 5.56 Å². The molecule has 0 aliphatic carbocycles. The van der Waals surface area contributed by atoms with Crippen LogP contribution in [0.15, 0.2) is 75.8 Å². The molecule has 1 aliphatic heterocycles. The topological polar surface area (TPSA) is 85.7 Å². The molecular weight excluding hydrogens is 462 g/mol. The average molecular weight is 488 g/mol. The molecule has 35 heavy (non-hydrogen) atoms. The van der Waals surface area contributed by atoms with Crippen LogP contribution in [0.5, 0.6) is 5.75 Å². The number of carbonyl (C=O) groups is 1. The van der Waals surface area contributed by atoms with Crippen LogP contribution in [-0.4, -0.2) is 28.7 Å². The highest BCUT2D eigenvalue weighted by molar-refractivity contribution is 7.07. The Morgan fingerprint density at radius 2 is 1.91 bits per heavy atom. The number of hydrogen-bond donors (Lipinski definition) is 1. The Morgan fingerprint density at radius 3 is 2.69 bits per heavy atom. The van der Waals surface area contributed by atoms with Crippen molar-refractivity contribution in [1.29, 1.82) is 0 Å². The lowest BCUT2D eigenvalue weighted by Gasteiger charge is -2.26. The lowest BCUT2D eigenvalue weighted by atomic mass is 9.95. The zero-order valence-corrected chi connectivity index (χ0v) is 20.7. The van der Waals surface area contributed by atoms with Crippen molar-refractivity contribution in [3.63, 3.8) is 0 Å². The molecule has 8 heteroatoms. The molecular formula is C27H25N3O4S. The summed E-state index contributed by atoms with van der Waals surface area (Å²) in [6.07, 6.45) is 3.67. The van der Waals surface area contributed by atoms with Gasteiger partial charge in [-0.15, -0.1) is 0 Å². The van der Waals surface area contributed by atoms with E-state index < -0.39 is 12.0 Å². The van der Waals surface area contributed by atoms with E-state index in [2.05, 4.69) is 9.98 Å². The Kier molecular flexibility index (Phi) is 5.90. The summed E-state index contributed by atoms with van der Waals surface area (Å²) in [5, 5.41) is 1.02. The second-order valence-electron chi connectivity index (χ2n) is 8.57. The summed E-state index contributed by atoms with van der Waals surface area (Å²) in [5.41, 5.74) is 3.22. The third-order valence-electron chi connectivity index (χ3n) is 5.91. The van der Waals surface area contributed by atoms with Gasteiger partial charge in [0, 0.05) is 28.2 Å². The third-order valence-corrected chi connectivity index (χ3v) is 6.89. The number of aromatic nitrogens is 2. The Labute approximate surface area is 205 Å². The normalized spacial score (nSPS) is 15.9. The molecule has 0 spiro atoms. The molecule has 0 saturated carbocycles. The van der Waals surface area contributed by atoms with Crippen molar-refractivity contribution in [3.05, 3.63) is 96.8 Å². The molecule has 1 N–H and O–H groups in total. The van der Waals surface area contributed by atoms with Crippen LogP contribution >= 0.6 is 11.3 Å². The van der Waals surface area contributed by atoms with Crippen molar-refractivity contribution in [2.24, 2.45) is 4.99 Å². The predicted molar refractivity (Wildman–Crippen MR) is 136 cm³/mol. The molecule has 1 atom stereocenters. The predicted octanol–water partition coefficient (Wildman–Crippen LogP) is 3.68. The number of carbonyl (C=O) groups excluding carboxylic acids is 1. The van der Waals surface area contributed by atoms with E-state index >= 15 is 0 Å². The van der Waals surface area contributed by atoms with E-state index in [1.54, 1.807) is 11.5 Å². The number of nitrogens with zero attached hydrogens (tertiary/aromatic N) is 2. The monoisotopic (exact) mass is 487 g/mol. The molecule has 0 radical (unpaired) electrons. The minimum atomic E-state index is -0.723. The number of rotatable bonds is 5. The van der Waals surface area contributed by atoms with Crippen molar-refractivity contribution >= 4 is 34.3 Å². The van der Waals surface area contributed by atoms with Gasteiger partial charge in [-0.1, -0.05) is 47.7 Å². The molecule has 1 aliphatic rings. The van der Waals surface area contributed by atoms with Gasteiger partial charge in [-0.05, 0) is 39.0 Å². The Balaban J connectivity index is 1.77. The fourth-order valence-corrected chi connectivity index (χ4v) is 5.45. The van der Waals surface area contributed by atoms with E-state index in [0.29, 0.717) is 31.9 Å². The van der Waals surface area contributed by atoms with E-state index in [4.69, 9.17) is 9.47 Å². The Morgan fingerprint density at radius 1 is 1.17 bits per heavy atom. The number of para-hydroxylation sites is 2. The van der Waals surface area contributed by atoms with Crippen LogP contribution in [0.25, 0.3) is 17.0 Å². The maximum Gasteiger partial charge on any atom is 0.338 e. The molecule has 2 aromatic heterocycles. The first kappa shape index (κ1) is 22.9. The van der Waals surface area contributed by atoms with E-state index in [1.165, 1.54) is 18.4 Å². The number of allylic oxidation sites excluding steroid dienone is 1. The second-order valence-corrected chi connectivity index (χ2v) is 9.58. The number of nitrogens with one attached hydrogen (secondary N) is 1. The number of aromatic amines is 1. The maximum atomic E-state index is 13.8. The van der Waals surface area contributed by atoms with Gasteiger partial charge in [0.1, 0.15) is 11.8 Å². The van der Waals surface area contributed by atoms with Gasteiger partial charge in [0.2, 0.25) is 0 Å². The lowest BCUT2D eigenvalue weighted by Crippen LogP contribution is -2.40. The highest BCUT2D eigenvalue weighted by Crippen LogP contribution is 2.36. The first-order valence-electron chi connectivity index (χ1n) is 11.3. The summed E-state index contributed by atoms with van der Waals surface area (Å²) in [6.45, 7) is 5.64. The SMILES string of the molecule is COC(=O)C1=C(C)N=c2s/c(=C\c3c[nH]c4ccccc34)c(=O)n2[C@@H]1c1ccccc1OC(C)C. The molecule has 3 heterocycles. The highest BCUT2D eigenvalue weighted by Gasteiger charge is 2.34. The molecule has 0 amide bonds. The summed E-state index contributed by atoms with van der Waals surface area (Å²) < 4.78 is 13.3. The number of methoxy groups -OCH3 is 1. The Bertz CT molecular complexity index is 1660. The van der Waals surface area contributed by atoms with Crippen LogP contribution in [0.2, 0.25) is 0 Å². The summed E-state index contributed by atoms with van der Waals surface area (Å²) >= 11 is 1.30. The number of thiazole rings is 1. The largest absolute Gasteiger partial charge is 0.491 e. The molecule has 0 fully saturated rings. The minimum absolute atomic E-state index is 0.0829. The van der Waals surface area contributed by atoms with Gasteiger partial charge in [-0.25, -0.2) is 9.79 Å². The summed E-state index contributed by atoms with van der Waals surface area (Å²) in [6, 6.07) is 14.7.